The van der Waals surface area contributed by atoms with Crippen LogP contribution >= 0.6 is 0 Å². The molecule has 82 valence electrons. The Morgan fingerprint density at radius 2 is 2.19 bits per heavy atom. The minimum Gasteiger partial charge on any atom is -0.476 e. The number of hydrogen-bond donors (Lipinski definition) is 1. The molecule has 0 atom stereocenters. The lowest BCUT2D eigenvalue weighted by atomic mass is 10.0. The Balaban J connectivity index is 2.33. The molecule has 0 unspecified atom stereocenters. The zero-order valence-corrected chi connectivity index (χ0v) is 8.68. The largest absolute Gasteiger partial charge is 0.476 e. The predicted molar refractivity (Wildman–Crippen MR) is 56.6 cm³/mol. The van der Waals surface area contributed by atoms with E-state index in [1.54, 1.807) is 6.20 Å². The summed E-state index contributed by atoms with van der Waals surface area (Å²) >= 11 is 0. The number of aryl methyl sites for hydroxylation is 2. The summed E-state index contributed by atoms with van der Waals surface area (Å²) in [6.07, 6.45) is 7.50. The second-order valence-electron chi connectivity index (χ2n) is 3.99. The van der Waals surface area contributed by atoms with E-state index < -0.39 is 5.97 Å². The van der Waals surface area contributed by atoms with Crippen LogP contribution in [0.2, 0.25) is 0 Å². The fourth-order valence-corrected chi connectivity index (χ4v) is 2.27. The number of fused-ring (bicyclic) bond motifs is 3. The van der Waals surface area contributed by atoms with Gasteiger partial charge in [0.25, 0.3) is 0 Å². The van der Waals surface area contributed by atoms with E-state index in [1.165, 1.54) is 6.20 Å². The molecule has 16 heavy (non-hydrogen) atoms. The van der Waals surface area contributed by atoms with Crippen molar-refractivity contribution in [2.45, 2.75) is 25.7 Å². The minimum atomic E-state index is -1.02. The van der Waals surface area contributed by atoms with E-state index in [1.807, 2.05) is 4.40 Å². The summed E-state index contributed by atoms with van der Waals surface area (Å²) < 4.78 is 1.87. The zero-order chi connectivity index (χ0) is 11.1. The van der Waals surface area contributed by atoms with Crippen LogP contribution in [0.15, 0.2) is 12.4 Å². The molecular formula is C11H11N3O2. The maximum Gasteiger partial charge on any atom is 0.358 e. The Morgan fingerprint density at radius 1 is 1.38 bits per heavy atom. The van der Waals surface area contributed by atoms with E-state index >= 15 is 0 Å². The van der Waals surface area contributed by atoms with Gasteiger partial charge in [-0.25, -0.2) is 14.8 Å². The highest BCUT2D eigenvalue weighted by Crippen LogP contribution is 2.22. The number of carboxylic acids is 1. The standard InChI is InChI=1S/C11H11N3O2/c15-11(16)9-10-13-7-3-1-2-4-8(7)14(10)6-5-12-9/h5-6H,1-4H2,(H,15,16). The van der Waals surface area contributed by atoms with E-state index in [2.05, 4.69) is 9.97 Å². The van der Waals surface area contributed by atoms with Gasteiger partial charge in [-0.15, -0.1) is 0 Å². The molecule has 0 radical (unpaired) electrons. The Hall–Kier alpha value is -1.91. The van der Waals surface area contributed by atoms with Crippen LogP contribution < -0.4 is 0 Å². The summed E-state index contributed by atoms with van der Waals surface area (Å²) in [6.45, 7) is 0. The van der Waals surface area contributed by atoms with Gasteiger partial charge in [-0.3, -0.25) is 0 Å². The fraction of sp³-hybridized carbons (Fsp3) is 0.364. The number of imidazole rings is 1. The van der Waals surface area contributed by atoms with E-state index in [0.29, 0.717) is 5.65 Å². The molecule has 0 saturated carbocycles. The van der Waals surface area contributed by atoms with Crippen molar-refractivity contribution in [1.29, 1.82) is 0 Å². The molecule has 0 aromatic carbocycles. The first kappa shape index (κ1) is 9.33. The Bertz CT molecular complexity index is 574. The first-order chi connectivity index (χ1) is 7.77. The molecule has 1 aliphatic carbocycles. The molecule has 2 aromatic heterocycles. The van der Waals surface area contributed by atoms with E-state index in [9.17, 15) is 4.79 Å². The highest BCUT2D eigenvalue weighted by Gasteiger charge is 2.20. The van der Waals surface area contributed by atoms with Gasteiger partial charge in [0.15, 0.2) is 11.3 Å². The number of carbonyl (C=O) groups is 1. The Kier molecular flexibility index (Phi) is 1.92. The van der Waals surface area contributed by atoms with Gasteiger partial charge in [-0.05, 0) is 25.7 Å². The summed E-state index contributed by atoms with van der Waals surface area (Å²) in [4.78, 5) is 19.3. The number of carboxylic acid groups (broad SMARTS) is 1. The molecule has 5 nitrogen and oxygen atoms in total. The van der Waals surface area contributed by atoms with Crippen molar-refractivity contribution in [2.24, 2.45) is 0 Å². The summed E-state index contributed by atoms with van der Waals surface area (Å²) in [5.74, 6) is -1.02. The third kappa shape index (κ3) is 1.21. The van der Waals surface area contributed by atoms with Crippen molar-refractivity contribution >= 4 is 11.6 Å². The van der Waals surface area contributed by atoms with Gasteiger partial charge in [-0.1, -0.05) is 0 Å². The molecule has 5 heteroatoms. The molecule has 2 heterocycles. The molecule has 0 aliphatic heterocycles. The lowest BCUT2D eigenvalue weighted by Gasteiger charge is -2.09. The second kappa shape index (κ2) is 3.30. The van der Waals surface area contributed by atoms with Gasteiger partial charge in [0, 0.05) is 18.1 Å². The van der Waals surface area contributed by atoms with Crippen LogP contribution in [0.4, 0.5) is 0 Å². The van der Waals surface area contributed by atoms with E-state index in [0.717, 1.165) is 37.1 Å². The molecule has 0 fully saturated rings. The summed E-state index contributed by atoms with van der Waals surface area (Å²) in [6, 6.07) is 0. The van der Waals surface area contributed by atoms with Crippen LogP contribution in [0.5, 0.6) is 0 Å². The van der Waals surface area contributed by atoms with Gasteiger partial charge in [0.05, 0.1) is 5.69 Å². The molecule has 0 bridgehead atoms. The van der Waals surface area contributed by atoms with E-state index in [4.69, 9.17) is 5.11 Å². The molecule has 1 N–H and O–H groups in total. The molecule has 0 spiro atoms. The van der Waals surface area contributed by atoms with Crippen molar-refractivity contribution in [3.8, 4) is 0 Å². The smallest absolute Gasteiger partial charge is 0.358 e. The van der Waals surface area contributed by atoms with Crippen LogP contribution in [0.1, 0.15) is 34.7 Å². The number of rotatable bonds is 1. The van der Waals surface area contributed by atoms with E-state index in [-0.39, 0.29) is 5.69 Å². The molecule has 2 aromatic rings. The number of aromatic carboxylic acids is 1. The van der Waals surface area contributed by atoms with Gasteiger partial charge in [0.2, 0.25) is 0 Å². The summed E-state index contributed by atoms with van der Waals surface area (Å²) in [5, 5.41) is 9.03. The topological polar surface area (TPSA) is 67.5 Å². The summed E-state index contributed by atoms with van der Waals surface area (Å²) in [7, 11) is 0. The quantitative estimate of drug-likeness (QED) is 0.781. The van der Waals surface area contributed by atoms with Crippen molar-refractivity contribution < 1.29 is 9.90 Å². The van der Waals surface area contributed by atoms with Crippen molar-refractivity contribution in [2.75, 3.05) is 0 Å². The van der Waals surface area contributed by atoms with Crippen molar-refractivity contribution in [1.82, 2.24) is 14.4 Å². The maximum absolute atomic E-state index is 11.0. The number of nitrogens with zero attached hydrogens (tertiary/aromatic N) is 3. The van der Waals surface area contributed by atoms with Crippen molar-refractivity contribution in [3.05, 3.63) is 29.5 Å². The van der Waals surface area contributed by atoms with Gasteiger partial charge < -0.3 is 9.51 Å². The third-order valence-corrected chi connectivity index (χ3v) is 3.00. The highest BCUT2D eigenvalue weighted by atomic mass is 16.4. The van der Waals surface area contributed by atoms with Gasteiger partial charge >= 0.3 is 5.97 Å². The molecule has 3 rings (SSSR count). The average Bonchev–Trinajstić information content (AvgIpc) is 2.67. The first-order valence-electron chi connectivity index (χ1n) is 5.35. The van der Waals surface area contributed by atoms with Gasteiger partial charge in [0.1, 0.15) is 0 Å². The average molecular weight is 217 g/mol. The Labute approximate surface area is 91.8 Å². The van der Waals surface area contributed by atoms with Gasteiger partial charge in [-0.2, -0.15) is 0 Å². The highest BCUT2D eigenvalue weighted by molar-refractivity contribution is 5.92. The lowest BCUT2D eigenvalue weighted by Crippen LogP contribution is -2.06. The number of aromatic nitrogens is 3. The maximum atomic E-state index is 11.0. The molecular weight excluding hydrogens is 206 g/mol. The van der Waals surface area contributed by atoms with Crippen LogP contribution in [-0.4, -0.2) is 25.4 Å². The zero-order valence-electron chi connectivity index (χ0n) is 8.68. The number of hydrogen-bond acceptors (Lipinski definition) is 3. The normalized spacial score (nSPS) is 15.0. The molecule has 0 amide bonds. The monoisotopic (exact) mass is 217 g/mol. The van der Waals surface area contributed by atoms with Crippen LogP contribution in [-0.2, 0) is 12.8 Å². The molecule has 0 saturated heterocycles. The molecule has 1 aliphatic rings. The first-order valence-corrected chi connectivity index (χ1v) is 5.35. The summed E-state index contributed by atoms with van der Waals surface area (Å²) in [5.41, 5.74) is 2.69. The second-order valence-corrected chi connectivity index (χ2v) is 3.99. The SMILES string of the molecule is O=C(O)c1nccn2c3c(nc12)CCCC3. The van der Waals surface area contributed by atoms with Crippen LogP contribution in [0, 0.1) is 0 Å². The predicted octanol–water partition coefficient (Wildman–Crippen LogP) is 1.31. The van der Waals surface area contributed by atoms with Crippen molar-refractivity contribution in [3.63, 3.8) is 0 Å². The Morgan fingerprint density at radius 3 is 3.00 bits per heavy atom. The minimum absolute atomic E-state index is 0.0388. The third-order valence-electron chi connectivity index (χ3n) is 3.00. The lowest BCUT2D eigenvalue weighted by molar-refractivity contribution is 0.0692. The fourth-order valence-electron chi connectivity index (χ4n) is 2.27. The van der Waals surface area contributed by atoms with Crippen LogP contribution in [0.3, 0.4) is 0 Å². The van der Waals surface area contributed by atoms with Crippen LogP contribution in [0.25, 0.3) is 5.65 Å².